The molecule has 13 heavy (non-hydrogen) atoms. The summed E-state index contributed by atoms with van der Waals surface area (Å²) in [7, 11) is 0. The molecule has 0 radical (unpaired) electrons. The molecule has 0 saturated carbocycles. The molecule has 66 valence electrons. The van der Waals surface area contributed by atoms with Crippen LogP contribution in [-0.2, 0) is 0 Å². The number of nitrogens with one attached hydrogen (secondary N) is 1. The van der Waals surface area contributed by atoms with Crippen LogP contribution in [0, 0.1) is 0 Å². The molecule has 0 atom stereocenters. The van der Waals surface area contributed by atoms with Crippen molar-refractivity contribution < 1.29 is 0 Å². The Hall–Kier alpha value is -1.91. The van der Waals surface area contributed by atoms with Crippen molar-refractivity contribution in [2.45, 2.75) is 6.92 Å². The minimum atomic E-state index is 0.698. The molecule has 0 fully saturated rings. The van der Waals surface area contributed by atoms with Crippen molar-refractivity contribution in [1.29, 1.82) is 0 Å². The third-order valence-electron chi connectivity index (χ3n) is 1.56. The Bertz CT molecular complexity index is 431. The van der Waals surface area contributed by atoms with Crippen LogP contribution >= 0.6 is 0 Å². The third kappa shape index (κ3) is 1.48. The van der Waals surface area contributed by atoms with Gasteiger partial charge >= 0.3 is 0 Å². The van der Waals surface area contributed by atoms with Gasteiger partial charge in [0.2, 0.25) is 0 Å². The molecule has 0 bridgehead atoms. The Morgan fingerprint density at radius 3 is 3.31 bits per heavy atom. The maximum absolute atomic E-state index is 4.20. The highest BCUT2D eigenvalue weighted by Crippen LogP contribution is 2.04. The largest absolute Gasteiger partial charge is 0.260 e. The van der Waals surface area contributed by atoms with Gasteiger partial charge in [0.05, 0.1) is 0 Å². The second-order valence-electron chi connectivity index (χ2n) is 2.45. The first-order chi connectivity index (χ1) is 6.40. The molecule has 5 nitrogen and oxygen atoms in total. The highest BCUT2D eigenvalue weighted by molar-refractivity contribution is 5.55. The molecule has 0 aliphatic carbocycles. The molecule has 2 aromatic rings. The number of hydrogen-bond acceptors (Lipinski definition) is 4. The lowest BCUT2D eigenvalue weighted by atomic mass is 10.5. The zero-order valence-electron chi connectivity index (χ0n) is 7.18. The van der Waals surface area contributed by atoms with Gasteiger partial charge in [-0.1, -0.05) is 0 Å². The molecule has 0 aliphatic heterocycles. The average molecular weight is 175 g/mol. The average Bonchev–Trinajstić information content (AvgIpc) is 2.61. The van der Waals surface area contributed by atoms with Crippen molar-refractivity contribution in [3.05, 3.63) is 24.5 Å². The summed E-state index contributed by atoms with van der Waals surface area (Å²) >= 11 is 0. The smallest absolute Gasteiger partial charge is 0.167 e. The molecular weight excluding hydrogens is 166 g/mol. The highest BCUT2D eigenvalue weighted by atomic mass is 15.4. The molecule has 0 aromatic carbocycles. The van der Waals surface area contributed by atoms with Gasteiger partial charge < -0.3 is 0 Å². The first-order valence-electron chi connectivity index (χ1n) is 3.94. The van der Waals surface area contributed by atoms with Crippen LogP contribution in [0.5, 0.6) is 0 Å². The number of aromatic nitrogens is 3. The molecule has 0 saturated heterocycles. The van der Waals surface area contributed by atoms with E-state index in [1.165, 1.54) is 0 Å². The fraction of sp³-hybridized carbons (Fsp3) is 0.125. The van der Waals surface area contributed by atoms with E-state index in [4.69, 9.17) is 0 Å². The van der Waals surface area contributed by atoms with Gasteiger partial charge in [0, 0.05) is 18.6 Å². The third-order valence-corrected chi connectivity index (χ3v) is 1.56. The maximum Gasteiger partial charge on any atom is 0.167 e. The number of hydrogen-bond donors (Lipinski definition) is 1. The molecule has 0 spiro atoms. The lowest BCUT2D eigenvalue weighted by molar-refractivity contribution is 0.934. The van der Waals surface area contributed by atoms with E-state index in [-0.39, 0.29) is 0 Å². The van der Waals surface area contributed by atoms with Crippen LogP contribution in [-0.4, -0.2) is 20.8 Å². The number of anilines is 1. The summed E-state index contributed by atoms with van der Waals surface area (Å²) < 4.78 is 1.69. The van der Waals surface area contributed by atoms with Crippen LogP contribution in [0.15, 0.2) is 29.6 Å². The molecule has 0 amide bonds. The lowest BCUT2D eigenvalue weighted by Crippen LogP contribution is -1.97. The minimum absolute atomic E-state index is 0.698. The maximum atomic E-state index is 4.20. The van der Waals surface area contributed by atoms with Crippen molar-refractivity contribution in [3.63, 3.8) is 0 Å². The number of fused-ring (bicyclic) bond motifs is 1. The zero-order valence-corrected chi connectivity index (χ0v) is 7.18. The lowest BCUT2D eigenvalue weighted by Gasteiger charge is -1.98. The van der Waals surface area contributed by atoms with Gasteiger partial charge in [0.1, 0.15) is 0 Å². The van der Waals surface area contributed by atoms with Crippen LogP contribution in [0.25, 0.3) is 5.65 Å². The van der Waals surface area contributed by atoms with E-state index in [0.29, 0.717) is 5.82 Å². The van der Waals surface area contributed by atoms with E-state index >= 15 is 0 Å². The number of imidazole rings is 1. The van der Waals surface area contributed by atoms with Gasteiger partial charge in [-0.15, -0.1) is 5.10 Å². The van der Waals surface area contributed by atoms with Crippen LogP contribution in [0.3, 0.4) is 0 Å². The summed E-state index contributed by atoms with van der Waals surface area (Å²) in [5, 5.41) is 8.06. The Balaban J connectivity index is 2.36. The highest BCUT2D eigenvalue weighted by Gasteiger charge is 1.95. The Labute approximate surface area is 75.1 Å². The fourth-order valence-corrected chi connectivity index (χ4v) is 1.01. The molecule has 1 N–H and O–H groups in total. The SMILES string of the molecule is C/C=N/Nc1ccc2nccn2n1. The topological polar surface area (TPSA) is 54.6 Å². The monoisotopic (exact) mass is 175 g/mol. The van der Waals surface area contributed by atoms with Crippen molar-refractivity contribution in [1.82, 2.24) is 14.6 Å². The Morgan fingerprint density at radius 1 is 1.54 bits per heavy atom. The minimum Gasteiger partial charge on any atom is -0.260 e. The van der Waals surface area contributed by atoms with Crippen LogP contribution < -0.4 is 5.43 Å². The van der Waals surface area contributed by atoms with Crippen LogP contribution in [0.4, 0.5) is 5.82 Å². The summed E-state index contributed by atoms with van der Waals surface area (Å²) in [4.78, 5) is 4.07. The van der Waals surface area contributed by atoms with Gasteiger partial charge in [0.25, 0.3) is 0 Å². The first kappa shape index (κ1) is 7.72. The number of rotatable bonds is 2. The number of nitrogens with zero attached hydrogens (tertiary/aromatic N) is 4. The second kappa shape index (κ2) is 3.22. The standard InChI is InChI=1S/C8H9N5/c1-2-10-11-7-3-4-8-9-5-6-13(8)12-7/h2-6H,1H3,(H,11,12)/b10-2+. The zero-order chi connectivity index (χ0) is 9.10. The molecule has 0 aliphatic rings. The summed E-state index contributed by atoms with van der Waals surface area (Å²) in [6, 6.07) is 3.70. The second-order valence-corrected chi connectivity index (χ2v) is 2.45. The van der Waals surface area contributed by atoms with E-state index in [1.807, 2.05) is 19.1 Å². The van der Waals surface area contributed by atoms with Gasteiger partial charge in [0.15, 0.2) is 11.5 Å². The van der Waals surface area contributed by atoms with Gasteiger partial charge in [-0.2, -0.15) is 5.10 Å². The predicted molar refractivity (Wildman–Crippen MR) is 50.8 cm³/mol. The van der Waals surface area contributed by atoms with Gasteiger partial charge in [-0.3, -0.25) is 5.43 Å². The molecule has 2 heterocycles. The fourth-order valence-electron chi connectivity index (χ4n) is 1.01. The van der Waals surface area contributed by atoms with Crippen LogP contribution in [0.1, 0.15) is 6.92 Å². The Morgan fingerprint density at radius 2 is 2.46 bits per heavy atom. The van der Waals surface area contributed by atoms with E-state index in [0.717, 1.165) is 5.65 Å². The van der Waals surface area contributed by atoms with Gasteiger partial charge in [-0.05, 0) is 19.1 Å². The summed E-state index contributed by atoms with van der Waals surface area (Å²) in [6.45, 7) is 1.84. The van der Waals surface area contributed by atoms with E-state index < -0.39 is 0 Å². The van der Waals surface area contributed by atoms with E-state index in [1.54, 1.807) is 23.1 Å². The summed E-state index contributed by atoms with van der Waals surface area (Å²) in [6.07, 6.45) is 5.16. The van der Waals surface area contributed by atoms with E-state index in [9.17, 15) is 0 Å². The molecule has 2 rings (SSSR count). The van der Waals surface area contributed by atoms with Crippen molar-refractivity contribution in [2.24, 2.45) is 5.10 Å². The van der Waals surface area contributed by atoms with Crippen LogP contribution in [0.2, 0.25) is 0 Å². The summed E-state index contributed by atoms with van der Waals surface area (Å²) in [5.41, 5.74) is 3.61. The molecule has 2 aromatic heterocycles. The summed E-state index contributed by atoms with van der Waals surface area (Å²) in [5.74, 6) is 0.698. The van der Waals surface area contributed by atoms with Crippen molar-refractivity contribution in [2.75, 3.05) is 5.43 Å². The molecule has 0 unspecified atom stereocenters. The number of hydrazone groups is 1. The van der Waals surface area contributed by atoms with E-state index in [2.05, 4.69) is 20.6 Å². The normalized spacial score (nSPS) is 11.2. The van der Waals surface area contributed by atoms with Crippen molar-refractivity contribution >= 4 is 17.7 Å². The van der Waals surface area contributed by atoms with Crippen molar-refractivity contribution in [3.8, 4) is 0 Å². The van der Waals surface area contributed by atoms with Gasteiger partial charge in [-0.25, -0.2) is 9.50 Å². The predicted octanol–water partition coefficient (Wildman–Crippen LogP) is 1.15. The first-order valence-corrected chi connectivity index (χ1v) is 3.94. The Kier molecular flexibility index (Phi) is 1.91. The molecular formula is C8H9N5. The molecule has 5 heteroatoms. The quantitative estimate of drug-likeness (QED) is 0.550.